The van der Waals surface area contributed by atoms with Crippen molar-refractivity contribution < 1.29 is 40.3 Å². The van der Waals surface area contributed by atoms with Gasteiger partial charge in [-0.25, -0.2) is 4.98 Å². The zero-order chi connectivity index (χ0) is 24.5. The number of ether oxygens (including phenoxy) is 1. The van der Waals surface area contributed by atoms with Gasteiger partial charge < -0.3 is 14.6 Å². The fourth-order valence-corrected chi connectivity index (χ4v) is 3.99. The van der Waals surface area contributed by atoms with Crippen LogP contribution in [0.2, 0.25) is 0 Å². The van der Waals surface area contributed by atoms with Gasteiger partial charge >= 0.3 is 18.6 Å². The fraction of sp³-hybridized carbons (Fsp3) is 0.600. The van der Waals surface area contributed by atoms with Gasteiger partial charge in [0, 0.05) is 31.6 Å². The summed E-state index contributed by atoms with van der Waals surface area (Å²) in [6, 6.07) is 2.25. The minimum Gasteiger partial charge on any atom is -0.408 e. The summed E-state index contributed by atoms with van der Waals surface area (Å²) in [5.41, 5.74) is -0.895. The normalized spacial score (nSPS) is 21.9. The maximum absolute atomic E-state index is 12.6. The average Bonchev–Trinajstić information content (AvgIpc) is 3.19. The van der Waals surface area contributed by atoms with Gasteiger partial charge in [-0.2, -0.15) is 13.2 Å². The van der Waals surface area contributed by atoms with Gasteiger partial charge in [-0.1, -0.05) is 5.10 Å². The quantitative estimate of drug-likeness (QED) is 0.592. The summed E-state index contributed by atoms with van der Waals surface area (Å²) in [6.45, 7) is 1.09. The van der Waals surface area contributed by atoms with Crippen LogP contribution in [0.15, 0.2) is 22.7 Å². The SMILES string of the molecule is O=C(CC1CCN(c2nnc(C3CC(OC(F)(F)F)C3)o2)CC1)Nc1ccc(C(F)(F)F)cn1. The second kappa shape index (κ2) is 9.39. The number of rotatable bonds is 6. The number of amides is 1. The van der Waals surface area contributed by atoms with Crippen molar-refractivity contribution in [1.82, 2.24) is 15.2 Å². The van der Waals surface area contributed by atoms with Crippen molar-refractivity contribution in [3.63, 3.8) is 0 Å². The standard InChI is InChI=1S/C20H21F6N5O3/c21-19(22,23)13-1-2-15(27-10-13)28-16(32)7-11-3-5-31(6-4-11)18-30-29-17(33-18)12-8-14(9-12)34-20(24,25)26/h1-2,10-12,14H,3-9H2,(H,27,28,32). The van der Waals surface area contributed by atoms with E-state index in [9.17, 15) is 31.1 Å². The number of alkyl halides is 6. The maximum atomic E-state index is 12.6. The fourth-order valence-electron chi connectivity index (χ4n) is 3.99. The molecule has 2 fully saturated rings. The molecule has 0 radical (unpaired) electrons. The van der Waals surface area contributed by atoms with Gasteiger partial charge in [0.25, 0.3) is 0 Å². The Morgan fingerprint density at radius 1 is 1.12 bits per heavy atom. The van der Waals surface area contributed by atoms with Crippen LogP contribution >= 0.6 is 0 Å². The van der Waals surface area contributed by atoms with E-state index in [1.165, 1.54) is 0 Å². The Morgan fingerprint density at radius 2 is 1.82 bits per heavy atom. The molecule has 2 aliphatic rings. The van der Waals surface area contributed by atoms with Crippen molar-refractivity contribution >= 4 is 17.7 Å². The lowest BCUT2D eigenvalue weighted by Crippen LogP contribution is -2.35. The molecule has 1 N–H and O–H groups in total. The molecule has 14 heteroatoms. The summed E-state index contributed by atoms with van der Waals surface area (Å²) in [5.74, 6) is -0.227. The highest BCUT2D eigenvalue weighted by atomic mass is 19.4. The smallest absolute Gasteiger partial charge is 0.408 e. The third kappa shape index (κ3) is 6.15. The van der Waals surface area contributed by atoms with Crippen molar-refractivity contribution in [2.45, 2.75) is 56.7 Å². The molecule has 0 bridgehead atoms. The predicted molar refractivity (Wildman–Crippen MR) is 105 cm³/mol. The number of halogens is 6. The molecule has 1 saturated carbocycles. The number of piperidine rings is 1. The van der Waals surface area contributed by atoms with E-state index in [4.69, 9.17) is 4.42 Å². The molecule has 3 heterocycles. The Balaban J connectivity index is 1.20. The summed E-state index contributed by atoms with van der Waals surface area (Å²) in [7, 11) is 0. The number of nitrogens with one attached hydrogen (secondary N) is 1. The molecule has 1 aliphatic carbocycles. The molecule has 0 atom stereocenters. The second-order valence-electron chi connectivity index (χ2n) is 8.39. The number of hydrogen-bond donors (Lipinski definition) is 1. The zero-order valence-corrected chi connectivity index (χ0v) is 17.7. The topological polar surface area (TPSA) is 93.4 Å². The molecule has 186 valence electrons. The van der Waals surface area contributed by atoms with Gasteiger partial charge in [-0.05, 0) is 43.7 Å². The number of aromatic nitrogens is 3. The number of carbonyl (C=O) groups is 1. The summed E-state index contributed by atoms with van der Waals surface area (Å²) < 4.78 is 84.1. The summed E-state index contributed by atoms with van der Waals surface area (Å²) in [6.07, 6.45) is -7.59. The van der Waals surface area contributed by atoms with Crippen LogP contribution in [0.3, 0.4) is 0 Å². The summed E-state index contributed by atoms with van der Waals surface area (Å²) in [4.78, 5) is 17.7. The Kier molecular flexibility index (Phi) is 6.69. The van der Waals surface area contributed by atoms with Crippen LogP contribution in [0.4, 0.5) is 38.2 Å². The molecule has 0 unspecified atom stereocenters. The number of carbonyl (C=O) groups excluding carboxylic acids is 1. The molecular formula is C20H21F6N5O3. The first-order chi connectivity index (χ1) is 16.0. The minimum atomic E-state index is -4.66. The van der Waals surface area contributed by atoms with Crippen LogP contribution in [-0.2, 0) is 15.7 Å². The first kappa shape index (κ1) is 24.2. The van der Waals surface area contributed by atoms with Crippen LogP contribution in [-0.4, -0.2) is 46.6 Å². The predicted octanol–water partition coefficient (Wildman–Crippen LogP) is 4.51. The highest BCUT2D eigenvalue weighted by Gasteiger charge is 2.42. The molecule has 2 aromatic rings. The number of anilines is 2. The number of hydrogen-bond acceptors (Lipinski definition) is 7. The van der Waals surface area contributed by atoms with Crippen LogP contribution in [0, 0.1) is 5.92 Å². The largest absolute Gasteiger partial charge is 0.522 e. The lowest BCUT2D eigenvalue weighted by molar-refractivity contribution is -0.352. The van der Waals surface area contributed by atoms with Crippen LogP contribution in [0.5, 0.6) is 0 Å². The Labute approximate surface area is 189 Å². The lowest BCUT2D eigenvalue weighted by Gasteiger charge is -2.33. The van der Waals surface area contributed by atoms with E-state index in [1.54, 1.807) is 0 Å². The third-order valence-corrected chi connectivity index (χ3v) is 5.89. The van der Waals surface area contributed by atoms with Crippen molar-refractivity contribution in [3.05, 3.63) is 29.8 Å². The summed E-state index contributed by atoms with van der Waals surface area (Å²) in [5, 5.41) is 10.4. The molecule has 4 rings (SSSR count). The average molecular weight is 493 g/mol. The van der Waals surface area contributed by atoms with E-state index in [2.05, 4.69) is 25.2 Å². The first-order valence-electron chi connectivity index (χ1n) is 10.6. The van der Waals surface area contributed by atoms with Crippen molar-refractivity contribution in [2.24, 2.45) is 5.92 Å². The van der Waals surface area contributed by atoms with Crippen molar-refractivity contribution in [3.8, 4) is 0 Å². The molecular weight excluding hydrogens is 472 g/mol. The first-order valence-corrected chi connectivity index (χ1v) is 10.6. The van der Waals surface area contributed by atoms with E-state index in [0.717, 1.165) is 12.1 Å². The monoisotopic (exact) mass is 493 g/mol. The third-order valence-electron chi connectivity index (χ3n) is 5.89. The van der Waals surface area contributed by atoms with Gasteiger partial charge in [0.1, 0.15) is 5.82 Å². The molecule has 1 saturated heterocycles. The van der Waals surface area contributed by atoms with Gasteiger partial charge in [0.05, 0.1) is 11.7 Å². The van der Waals surface area contributed by atoms with Gasteiger partial charge in [-0.3, -0.25) is 9.53 Å². The second-order valence-corrected chi connectivity index (χ2v) is 8.39. The lowest BCUT2D eigenvalue weighted by atomic mass is 9.82. The Hall–Kier alpha value is -2.90. The summed E-state index contributed by atoms with van der Waals surface area (Å²) >= 11 is 0. The molecule has 1 amide bonds. The minimum absolute atomic E-state index is 0.0488. The van der Waals surface area contributed by atoms with Crippen molar-refractivity contribution in [2.75, 3.05) is 23.3 Å². The molecule has 1 aliphatic heterocycles. The van der Waals surface area contributed by atoms with Crippen LogP contribution < -0.4 is 10.2 Å². The van der Waals surface area contributed by atoms with Gasteiger partial charge in [0.2, 0.25) is 11.8 Å². The van der Waals surface area contributed by atoms with Gasteiger partial charge in [0.15, 0.2) is 0 Å². The van der Waals surface area contributed by atoms with E-state index >= 15 is 0 Å². The van der Waals surface area contributed by atoms with E-state index < -0.39 is 24.2 Å². The number of pyridine rings is 1. The van der Waals surface area contributed by atoms with Gasteiger partial charge in [-0.15, -0.1) is 18.3 Å². The highest BCUT2D eigenvalue weighted by molar-refractivity contribution is 5.89. The maximum Gasteiger partial charge on any atom is 0.522 e. The van der Waals surface area contributed by atoms with Crippen LogP contribution in [0.1, 0.15) is 49.5 Å². The van der Waals surface area contributed by atoms with Crippen LogP contribution in [0.25, 0.3) is 0 Å². The molecule has 8 nitrogen and oxygen atoms in total. The zero-order valence-electron chi connectivity index (χ0n) is 17.7. The Bertz CT molecular complexity index is 980. The highest BCUT2D eigenvalue weighted by Crippen LogP contribution is 2.41. The molecule has 0 aromatic carbocycles. The Morgan fingerprint density at radius 3 is 2.41 bits per heavy atom. The number of nitrogens with zero attached hydrogens (tertiary/aromatic N) is 4. The van der Waals surface area contributed by atoms with E-state index in [0.29, 0.717) is 32.1 Å². The molecule has 2 aromatic heterocycles. The van der Waals surface area contributed by atoms with E-state index in [-0.39, 0.29) is 54.7 Å². The van der Waals surface area contributed by atoms with E-state index in [1.807, 2.05) is 4.90 Å². The van der Waals surface area contributed by atoms with Crippen molar-refractivity contribution in [1.29, 1.82) is 0 Å². The molecule has 0 spiro atoms. The molecule has 34 heavy (non-hydrogen) atoms.